The molecule has 0 heterocycles. The summed E-state index contributed by atoms with van der Waals surface area (Å²) in [5.41, 5.74) is 0.276. The molecule has 1 N–H and O–H groups in total. The van der Waals surface area contributed by atoms with E-state index in [2.05, 4.69) is 5.10 Å². The van der Waals surface area contributed by atoms with E-state index in [0.717, 1.165) is 30.5 Å². The Balaban J connectivity index is 2.22. The lowest BCUT2D eigenvalue weighted by atomic mass is 10.2. The lowest BCUT2D eigenvalue weighted by Crippen LogP contribution is -2.18. The van der Waals surface area contributed by atoms with Crippen LogP contribution in [0, 0.1) is 5.82 Å². The minimum Gasteiger partial charge on any atom is -0.207 e. The van der Waals surface area contributed by atoms with Crippen LogP contribution in [0.2, 0.25) is 15.1 Å². The Morgan fingerprint density at radius 2 is 1.59 bits per heavy atom. The predicted octanol–water partition coefficient (Wildman–Crippen LogP) is 4.10. The molecule has 4 nitrogen and oxygen atoms in total. The molecule has 2 aromatic rings. The molecule has 0 aliphatic heterocycles. The number of hydrogen-bond donors (Lipinski definition) is 1. The third kappa shape index (κ3) is 3.89. The van der Waals surface area contributed by atoms with Crippen molar-refractivity contribution >= 4 is 51.0 Å². The molecule has 2 rings (SSSR count). The first-order valence-corrected chi connectivity index (χ1v) is 8.37. The molecule has 2 aromatic carbocycles. The van der Waals surface area contributed by atoms with Gasteiger partial charge in [0.15, 0.2) is 0 Å². The molecule has 0 fully saturated rings. The van der Waals surface area contributed by atoms with E-state index >= 15 is 0 Å². The summed E-state index contributed by atoms with van der Waals surface area (Å²) in [5, 5.41) is 4.26. The third-order valence-corrected chi connectivity index (χ3v) is 4.96. The average molecular weight is 382 g/mol. The SMILES string of the molecule is O=S(=O)(N/N=C/c1c(Cl)ccc(Cl)c1Cl)c1ccc(F)cc1. The van der Waals surface area contributed by atoms with Crippen LogP contribution in [0.3, 0.4) is 0 Å². The summed E-state index contributed by atoms with van der Waals surface area (Å²) in [7, 11) is -3.92. The summed E-state index contributed by atoms with van der Waals surface area (Å²) in [5.74, 6) is -0.542. The van der Waals surface area contributed by atoms with Crippen molar-refractivity contribution < 1.29 is 12.8 Å². The Kier molecular flexibility index (Phi) is 5.28. The first-order chi connectivity index (χ1) is 10.3. The van der Waals surface area contributed by atoms with Gasteiger partial charge in [-0.25, -0.2) is 9.22 Å². The Bertz CT molecular complexity index is 824. The topological polar surface area (TPSA) is 58.5 Å². The zero-order valence-electron chi connectivity index (χ0n) is 10.7. The highest BCUT2D eigenvalue weighted by Crippen LogP contribution is 2.29. The van der Waals surface area contributed by atoms with Crippen LogP contribution in [-0.2, 0) is 10.0 Å². The van der Waals surface area contributed by atoms with Gasteiger partial charge in [0, 0.05) is 5.56 Å². The highest BCUT2D eigenvalue weighted by atomic mass is 35.5. The van der Waals surface area contributed by atoms with Gasteiger partial charge in [-0.15, -0.1) is 0 Å². The second-order valence-corrected chi connectivity index (χ2v) is 6.92. The number of benzene rings is 2. The summed E-state index contributed by atoms with van der Waals surface area (Å²) in [6.07, 6.45) is 1.14. The van der Waals surface area contributed by atoms with Crippen LogP contribution in [0.5, 0.6) is 0 Å². The van der Waals surface area contributed by atoms with Gasteiger partial charge in [0.25, 0.3) is 10.0 Å². The van der Waals surface area contributed by atoms with Gasteiger partial charge in [0.05, 0.1) is 26.2 Å². The van der Waals surface area contributed by atoms with Gasteiger partial charge in [0.2, 0.25) is 0 Å². The van der Waals surface area contributed by atoms with Crippen LogP contribution in [0.1, 0.15) is 5.56 Å². The van der Waals surface area contributed by atoms with E-state index in [1.54, 1.807) is 0 Å². The Morgan fingerprint density at radius 3 is 2.23 bits per heavy atom. The molecule has 22 heavy (non-hydrogen) atoms. The fourth-order valence-corrected chi connectivity index (χ4v) is 2.91. The number of nitrogens with one attached hydrogen (secondary N) is 1. The van der Waals surface area contributed by atoms with Crippen molar-refractivity contribution in [3.05, 3.63) is 62.8 Å². The molecule has 116 valence electrons. The quantitative estimate of drug-likeness (QED) is 0.492. The Hall–Kier alpha value is -1.34. The van der Waals surface area contributed by atoms with Gasteiger partial charge >= 0.3 is 0 Å². The highest BCUT2D eigenvalue weighted by Gasteiger charge is 2.13. The predicted molar refractivity (Wildman–Crippen MR) is 85.8 cm³/mol. The van der Waals surface area contributed by atoms with Gasteiger partial charge in [-0.3, -0.25) is 0 Å². The maximum atomic E-state index is 12.8. The lowest BCUT2D eigenvalue weighted by molar-refractivity contribution is 0.583. The molecule has 0 aliphatic rings. The fourth-order valence-electron chi connectivity index (χ4n) is 1.49. The van der Waals surface area contributed by atoms with Gasteiger partial charge < -0.3 is 0 Å². The molecule has 0 aromatic heterocycles. The number of sulfonamides is 1. The van der Waals surface area contributed by atoms with E-state index in [-0.39, 0.29) is 25.5 Å². The van der Waals surface area contributed by atoms with Crippen molar-refractivity contribution in [2.75, 3.05) is 0 Å². The van der Waals surface area contributed by atoms with Crippen molar-refractivity contribution in [1.82, 2.24) is 4.83 Å². The minimum absolute atomic E-state index is 0.130. The van der Waals surface area contributed by atoms with E-state index in [9.17, 15) is 12.8 Å². The summed E-state index contributed by atoms with van der Waals surface area (Å²) in [6, 6.07) is 7.31. The molecule has 9 heteroatoms. The standard InChI is InChI=1S/C13H8Cl3FN2O2S/c14-11-5-6-12(15)13(16)10(11)7-18-19-22(20,21)9-3-1-8(17)2-4-9/h1-7,19H/b18-7+. The van der Waals surface area contributed by atoms with E-state index in [1.165, 1.54) is 12.1 Å². The molecule has 0 unspecified atom stereocenters. The van der Waals surface area contributed by atoms with Crippen LogP contribution in [0.15, 0.2) is 46.4 Å². The maximum absolute atomic E-state index is 12.8. The number of hydrogen-bond acceptors (Lipinski definition) is 3. The van der Waals surface area contributed by atoms with Gasteiger partial charge in [-0.2, -0.15) is 13.5 Å². The van der Waals surface area contributed by atoms with E-state index in [4.69, 9.17) is 34.8 Å². The smallest absolute Gasteiger partial charge is 0.207 e. The van der Waals surface area contributed by atoms with Crippen LogP contribution >= 0.6 is 34.8 Å². The highest BCUT2D eigenvalue weighted by molar-refractivity contribution is 7.89. The lowest BCUT2D eigenvalue weighted by Gasteiger charge is -2.05. The monoisotopic (exact) mass is 380 g/mol. The van der Waals surface area contributed by atoms with Crippen LogP contribution in [-0.4, -0.2) is 14.6 Å². The zero-order chi connectivity index (χ0) is 16.3. The number of hydrazone groups is 1. The van der Waals surface area contributed by atoms with Crippen LogP contribution in [0.4, 0.5) is 4.39 Å². The fraction of sp³-hybridized carbons (Fsp3) is 0. The molecule has 0 amide bonds. The largest absolute Gasteiger partial charge is 0.276 e. The Labute approximate surface area is 141 Å². The van der Waals surface area contributed by atoms with Gasteiger partial charge in [0.1, 0.15) is 5.82 Å². The minimum atomic E-state index is -3.92. The molecule has 0 aliphatic carbocycles. The zero-order valence-corrected chi connectivity index (χ0v) is 13.8. The maximum Gasteiger partial charge on any atom is 0.276 e. The average Bonchev–Trinajstić information content (AvgIpc) is 2.47. The van der Waals surface area contributed by atoms with Gasteiger partial charge in [-0.05, 0) is 36.4 Å². The van der Waals surface area contributed by atoms with Crippen molar-refractivity contribution in [3.8, 4) is 0 Å². The number of nitrogens with zero attached hydrogens (tertiary/aromatic N) is 1. The third-order valence-electron chi connectivity index (χ3n) is 2.57. The van der Waals surface area contributed by atoms with Gasteiger partial charge in [-0.1, -0.05) is 34.8 Å². The Morgan fingerprint density at radius 1 is 1.00 bits per heavy atom. The molecule has 0 bridgehead atoms. The van der Waals surface area contributed by atoms with Crippen molar-refractivity contribution in [3.63, 3.8) is 0 Å². The summed E-state index contributed by atoms with van der Waals surface area (Å²) in [6.45, 7) is 0. The normalized spacial score (nSPS) is 11.8. The molecule has 0 radical (unpaired) electrons. The van der Waals surface area contributed by atoms with Crippen molar-refractivity contribution in [2.24, 2.45) is 5.10 Å². The first kappa shape index (κ1) is 17.0. The van der Waals surface area contributed by atoms with Crippen molar-refractivity contribution in [1.29, 1.82) is 0 Å². The molecule has 0 saturated heterocycles. The number of halogens is 4. The second-order valence-electron chi connectivity index (χ2n) is 4.06. The second kappa shape index (κ2) is 6.83. The molecular weight excluding hydrogens is 374 g/mol. The molecule has 0 spiro atoms. The van der Waals surface area contributed by atoms with E-state index in [0.29, 0.717) is 0 Å². The first-order valence-electron chi connectivity index (χ1n) is 5.75. The summed E-state index contributed by atoms with van der Waals surface area (Å²) in [4.78, 5) is 1.85. The number of rotatable bonds is 4. The van der Waals surface area contributed by atoms with E-state index in [1.807, 2.05) is 4.83 Å². The van der Waals surface area contributed by atoms with E-state index < -0.39 is 15.8 Å². The molecular formula is C13H8Cl3FN2O2S. The van der Waals surface area contributed by atoms with Crippen LogP contribution < -0.4 is 4.83 Å². The summed E-state index contributed by atoms with van der Waals surface area (Å²) < 4.78 is 36.7. The van der Waals surface area contributed by atoms with Crippen molar-refractivity contribution in [2.45, 2.75) is 4.90 Å². The molecule has 0 saturated carbocycles. The summed E-state index contributed by atoms with van der Waals surface area (Å²) >= 11 is 17.7. The molecule has 0 atom stereocenters. The van der Waals surface area contributed by atoms with Crippen LogP contribution in [0.25, 0.3) is 0 Å².